The average Bonchev–Trinajstić information content (AvgIpc) is 2.27. The molecule has 1 unspecified atom stereocenters. The van der Waals surface area contributed by atoms with Crippen LogP contribution in [-0.2, 0) is 9.53 Å². The second kappa shape index (κ2) is 6.06. The smallest absolute Gasteiger partial charge is 0.325 e. The van der Waals surface area contributed by atoms with Gasteiger partial charge in [0.1, 0.15) is 6.54 Å². The van der Waals surface area contributed by atoms with Crippen molar-refractivity contribution in [2.45, 2.75) is 26.4 Å². The maximum absolute atomic E-state index is 11.3. The Morgan fingerprint density at radius 3 is 2.67 bits per heavy atom. The molecule has 1 rings (SSSR count). The average molecular weight is 207 g/mol. The molecule has 82 valence electrons. The Bertz CT molecular complexity index is 298. The van der Waals surface area contributed by atoms with Gasteiger partial charge in [0.2, 0.25) is 0 Å². The minimum absolute atomic E-state index is 0.00456. The molecule has 0 aromatic heterocycles. The first-order valence-electron chi connectivity index (χ1n) is 5.20. The van der Waals surface area contributed by atoms with Gasteiger partial charge < -0.3 is 10.1 Å². The van der Waals surface area contributed by atoms with Gasteiger partial charge in [-0.15, -0.1) is 0 Å². The maximum Gasteiger partial charge on any atom is 0.325 e. The standard InChI is InChI=1S/C12H17NO2/c1-3-10(2)15-12(14)9-13-11-7-5-4-6-8-11/h4-8,10,13H,3,9H2,1-2H3. The highest BCUT2D eigenvalue weighted by molar-refractivity contribution is 5.75. The number of rotatable bonds is 5. The first kappa shape index (κ1) is 11.6. The number of carbonyl (C=O) groups is 1. The van der Waals surface area contributed by atoms with Crippen molar-refractivity contribution in [2.24, 2.45) is 0 Å². The number of carbonyl (C=O) groups excluding carboxylic acids is 1. The Balaban J connectivity index is 2.29. The fourth-order valence-electron chi connectivity index (χ4n) is 1.08. The Hall–Kier alpha value is -1.51. The molecular weight excluding hydrogens is 190 g/mol. The van der Waals surface area contributed by atoms with Gasteiger partial charge in [0.05, 0.1) is 6.10 Å². The summed E-state index contributed by atoms with van der Waals surface area (Å²) in [5, 5.41) is 3.00. The van der Waals surface area contributed by atoms with Crippen molar-refractivity contribution in [3.63, 3.8) is 0 Å². The highest BCUT2D eigenvalue weighted by atomic mass is 16.5. The van der Waals surface area contributed by atoms with E-state index < -0.39 is 0 Å². The van der Waals surface area contributed by atoms with Gasteiger partial charge in [-0.05, 0) is 25.5 Å². The predicted molar refractivity (Wildman–Crippen MR) is 60.8 cm³/mol. The molecule has 3 nitrogen and oxygen atoms in total. The van der Waals surface area contributed by atoms with E-state index >= 15 is 0 Å². The number of nitrogens with one attached hydrogen (secondary N) is 1. The lowest BCUT2D eigenvalue weighted by atomic mass is 10.3. The molecular formula is C12H17NO2. The van der Waals surface area contributed by atoms with Gasteiger partial charge in [0, 0.05) is 5.69 Å². The third-order valence-electron chi connectivity index (χ3n) is 2.12. The Labute approximate surface area is 90.4 Å². The van der Waals surface area contributed by atoms with E-state index in [1.807, 2.05) is 44.2 Å². The molecule has 0 heterocycles. The molecule has 0 amide bonds. The van der Waals surface area contributed by atoms with Gasteiger partial charge in [-0.3, -0.25) is 4.79 Å². The molecule has 0 aliphatic heterocycles. The first-order chi connectivity index (χ1) is 7.22. The molecule has 0 fully saturated rings. The minimum Gasteiger partial charge on any atom is -0.461 e. The Morgan fingerprint density at radius 2 is 2.07 bits per heavy atom. The van der Waals surface area contributed by atoms with E-state index in [2.05, 4.69) is 5.32 Å². The van der Waals surface area contributed by atoms with Crippen molar-refractivity contribution >= 4 is 11.7 Å². The van der Waals surface area contributed by atoms with Crippen LogP contribution in [0.5, 0.6) is 0 Å². The molecule has 0 radical (unpaired) electrons. The highest BCUT2D eigenvalue weighted by Gasteiger charge is 2.06. The van der Waals surface area contributed by atoms with E-state index in [1.165, 1.54) is 0 Å². The molecule has 0 spiro atoms. The van der Waals surface area contributed by atoms with E-state index in [4.69, 9.17) is 4.74 Å². The minimum atomic E-state index is -0.215. The Morgan fingerprint density at radius 1 is 1.40 bits per heavy atom. The van der Waals surface area contributed by atoms with E-state index in [0.29, 0.717) is 0 Å². The van der Waals surface area contributed by atoms with Crippen LogP contribution in [0.25, 0.3) is 0 Å². The number of ether oxygens (including phenoxy) is 1. The predicted octanol–water partition coefficient (Wildman–Crippen LogP) is 2.44. The first-order valence-corrected chi connectivity index (χ1v) is 5.20. The van der Waals surface area contributed by atoms with Crippen molar-refractivity contribution in [1.29, 1.82) is 0 Å². The zero-order chi connectivity index (χ0) is 11.1. The van der Waals surface area contributed by atoms with Crippen LogP contribution in [0.1, 0.15) is 20.3 Å². The number of esters is 1. The van der Waals surface area contributed by atoms with Gasteiger partial charge in [0.25, 0.3) is 0 Å². The van der Waals surface area contributed by atoms with Gasteiger partial charge in [-0.1, -0.05) is 25.1 Å². The third-order valence-corrected chi connectivity index (χ3v) is 2.12. The molecule has 0 saturated heterocycles. The Kier molecular flexibility index (Phi) is 4.68. The SMILES string of the molecule is CCC(C)OC(=O)CNc1ccccc1. The van der Waals surface area contributed by atoms with Crippen molar-refractivity contribution in [2.75, 3.05) is 11.9 Å². The quantitative estimate of drug-likeness (QED) is 0.754. The highest BCUT2D eigenvalue weighted by Crippen LogP contribution is 2.04. The third kappa shape index (κ3) is 4.49. The van der Waals surface area contributed by atoms with Crippen molar-refractivity contribution < 1.29 is 9.53 Å². The van der Waals surface area contributed by atoms with Crippen LogP contribution in [0, 0.1) is 0 Å². The second-order valence-corrected chi connectivity index (χ2v) is 3.43. The van der Waals surface area contributed by atoms with Crippen LogP contribution in [0.15, 0.2) is 30.3 Å². The number of para-hydroxylation sites is 1. The molecule has 1 atom stereocenters. The van der Waals surface area contributed by atoms with Crippen LogP contribution in [0.4, 0.5) is 5.69 Å². The molecule has 0 aliphatic carbocycles. The summed E-state index contributed by atoms with van der Waals surface area (Å²) in [6.45, 7) is 4.09. The summed E-state index contributed by atoms with van der Waals surface area (Å²) in [6, 6.07) is 9.60. The molecule has 3 heteroatoms. The summed E-state index contributed by atoms with van der Waals surface area (Å²) < 4.78 is 5.12. The van der Waals surface area contributed by atoms with Crippen molar-refractivity contribution in [3.05, 3.63) is 30.3 Å². The van der Waals surface area contributed by atoms with E-state index in [9.17, 15) is 4.79 Å². The topological polar surface area (TPSA) is 38.3 Å². The number of anilines is 1. The molecule has 0 aliphatic rings. The summed E-state index contributed by atoms with van der Waals surface area (Å²) >= 11 is 0. The molecule has 1 aromatic rings. The summed E-state index contributed by atoms with van der Waals surface area (Å²) in [5.74, 6) is -0.215. The normalized spacial score (nSPS) is 11.9. The van der Waals surface area contributed by atoms with Gasteiger partial charge >= 0.3 is 5.97 Å². The van der Waals surface area contributed by atoms with E-state index in [-0.39, 0.29) is 18.6 Å². The van der Waals surface area contributed by atoms with Crippen molar-refractivity contribution in [1.82, 2.24) is 0 Å². The lowest BCUT2D eigenvalue weighted by Gasteiger charge is -2.11. The summed E-state index contributed by atoms with van der Waals surface area (Å²) in [4.78, 5) is 11.3. The summed E-state index contributed by atoms with van der Waals surface area (Å²) in [5.41, 5.74) is 0.929. The van der Waals surface area contributed by atoms with Crippen LogP contribution in [-0.4, -0.2) is 18.6 Å². The lowest BCUT2D eigenvalue weighted by molar-refractivity contribution is -0.146. The monoisotopic (exact) mass is 207 g/mol. The van der Waals surface area contributed by atoms with Crippen LogP contribution in [0.2, 0.25) is 0 Å². The van der Waals surface area contributed by atoms with Crippen LogP contribution >= 0.6 is 0 Å². The number of hydrogen-bond acceptors (Lipinski definition) is 3. The zero-order valence-corrected chi connectivity index (χ0v) is 9.19. The molecule has 1 aromatic carbocycles. The molecule has 1 N–H and O–H groups in total. The van der Waals surface area contributed by atoms with Crippen LogP contribution in [0.3, 0.4) is 0 Å². The largest absolute Gasteiger partial charge is 0.461 e. The van der Waals surface area contributed by atoms with Crippen LogP contribution < -0.4 is 5.32 Å². The van der Waals surface area contributed by atoms with Gasteiger partial charge in [-0.2, -0.15) is 0 Å². The fourth-order valence-corrected chi connectivity index (χ4v) is 1.08. The zero-order valence-electron chi connectivity index (χ0n) is 9.19. The number of benzene rings is 1. The van der Waals surface area contributed by atoms with E-state index in [1.54, 1.807) is 0 Å². The summed E-state index contributed by atoms with van der Waals surface area (Å²) in [7, 11) is 0. The fraction of sp³-hybridized carbons (Fsp3) is 0.417. The van der Waals surface area contributed by atoms with Gasteiger partial charge in [-0.25, -0.2) is 0 Å². The maximum atomic E-state index is 11.3. The molecule has 0 saturated carbocycles. The van der Waals surface area contributed by atoms with Crippen molar-refractivity contribution in [3.8, 4) is 0 Å². The molecule has 0 bridgehead atoms. The lowest BCUT2D eigenvalue weighted by Crippen LogP contribution is -2.21. The second-order valence-electron chi connectivity index (χ2n) is 3.43. The van der Waals surface area contributed by atoms with E-state index in [0.717, 1.165) is 12.1 Å². The number of hydrogen-bond donors (Lipinski definition) is 1. The molecule has 15 heavy (non-hydrogen) atoms. The van der Waals surface area contributed by atoms with Gasteiger partial charge in [0.15, 0.2) is 0 Å². The summed E-state index contributed by atoms with van der Waals surface area (Å²) in [6.07, 6.45) is 0.840.